The number of ether oxygens (including phenoxy) is 1. The van der Waals surface area contributed by atoms with Crippen LogP contribution in [0.25, 0.3) is 16.8 Å². The molecule has 0 amide bonds. The van der Waals surface area contributed by atoms with Crippen molar-refractivity contribution in [3.05, 3.63) is 78.0 Å². The van der Waals surface area contributed by atoms with Gasteiger partial charge < -0.3 is 15.6 Å². The summed E-state index contributed by atoms with van der Waals surface area (Å²) >= 11 is 1.63. The molecule has 2 atom stereocenters. The van der Waals surface area contributed by atoms with Crippen molar-refractivity contribution >= 4 is 17.6 Å². The number of anilines is 1. The molecule has 0 saturated carbocycles. The van der Waals surface area contributed by atoms with E-state index in [0.717, 1.165) is 21.6 Å². The van der Waals surface area contributed by atoms with E-state index >= 15 is 0 Å². The zero-order valence-electron chi connectivity index (χ0n) is 17.1. The van der Waals surface area contributed by atoms with Crippen LogP contribution in [0.4, 0.5) is 10.2 Å². The molecular weight excluding hydrogens is 429 g/mol. The summed E-state index contributed by atoms with van der Waals surface area (Å²) in [5, 5.41) is 18.3. The van der Waals surface area contributed by atoms with Crippen LogP contribution >= 0.6 is 11.8 Å². The van der Waals surface area contributed by atoms with Crippen molar-refractivity contribution < 1.29 is 14.2 Å². The summed E-state index contributed by atoms with van der Waals surface area (Å²) < 4.78 is 20.2. The molecule has 9 heteroatoms. The molecule has 3 N–H and O–H groups in total. The summed E-state index contributed by atoms with van der Waals surface area (Å²) in [5.41, 5.74) is 10.00. The van der Waals surface area contributed by atoms with Crippen LogP contribution in [-0.2, 0) is 0 Å². The van der Waals surface area contributed by atoms with Crippen LogP contribution in [0.5, 0.6) is 5.75 Å². The predicted molar refractivity (Wildman–Crippen MR) is 120 cm³/mol. The third-order valence-electron chi connectivity index (χ3n) is 5.35. The number of aliphatic hydroxyl groups excluding tert-OH is 1. The molecule has 7 nitrogen and oxygen atoms in total. The molecule has 5 rings (SSSR count). The molecule has 0 saturated heterocycles. The van der Waals surface area contributed by atoms with Gasteiger partial charge in [0.25, 0.3) is 0 Å². The lowest BCUT2D eigenvalue weighted by Crippen LogP contribution is -2.11. The zero-order valence-corrected chi connectivity index (χ0v) is 18.0. The van der Waals surface area contributed by atoms with Crippen LogP contribution in [0.2, 0.25) is 0 Å². The number of nitrogen functional groups attached to an aromatic ring is 1. The number of aliphatic hydroxyl groups is 1. The van der Waals surface area contributed by atoms with Crippen LogP contribution in [0.15, 0.2) is 66.0 Å². The number of hydrogen-bond acceptors (Lipinski definition) is 7. The van der Waals surface area contributed by atoms with E-state index in [1.54, 1.807) is 43.3 Å². The molecule has 4 aromatic rings. The molecule has 32 heavy (non-hydrogen) atoms. The standard InChI is InChI=1S/C23H20FN5O2S/c1-13(18-10-16(24)3-5-19(18)29-27-6-7-28-29)31-21-8-15(11-26-23(21)25)14-2-4-17-20(30)12-32-22(17)9-14/h2-11,13,20,30H,12H2,1H3,(H2,25,26)/t13-,20?/m1/s1. The lowest BCUT2D eigenvalue weighted by Gasteiger charge is -2.19. The number of thioether (sulfide) groups is 1. The molecular formula is C23H20FN5O2S. The average Bonchev–Trinajstić information content (AvgIpc) is 3.45. The van der Waals surface area contributed by atoms with Gasteiger partial charge in [-0.15, -0.1) is 11.8 Å². The Morgan fingerprint density at radius 3 is 2.78 bits per heavy atom. The van der Waals surface area contributed by atoms with Crippen LogP contribution in [0.3, 0.4) is 0 Å². The number of benzene rings is 2. The fraction of sp³-hybridized carbons (Fsp3) is 0.174. The summed E-state index contributed by atoms with van der Waals surface area (Å²) in [5.74, 6) is 0.906. The molecule has 162 valence electrons. The number of pyridine rings is 1. The average molecular weight is 450 g/mol. The Kier molecular flexibility index (Phi) is 5.28. The van der Waals surface area contributed by atoms with Crippen molar-refractivity contribution in [1.82, 2.24) is 20.0 Å². The summed E-state index contributed by atoms with van der Waals surface area (Å²) in [4.78, 5) is 6.77. The maximum absolute atomic E-state index is 14.0. The Hall–Kier alpha value is -3.43. The molecule has 1 unspecified atom stereocenters. The van der Waals surface area contributed by atoms with Crippen molar-refractivity contribution in [2.75, 3.05) is 11.5 Å². The van der Waals surface area contributed by atoms with Crippen molar-refractivity contribution in [1.29, 1.82) is 0 Å². The van der Waals surface area contributed by atoms with Gasteiger partial charge >= 0.3 is 0 Å². The second-order valence-corrected chi connectivity index (χ2v) is 8.53. The van der Waals surface area contributed by atoms with Gasteiger partial charge in [-0.1, -0.05) is 12.1 Å². The highest BCUT2D eigenvalue weighted by molar-refractivity contribution is 7.99. The molecule has 0 aliphatic carbocycles. The summed E-state index contributed by atoms with van der Waals surface area (Å²) in [6.45, 7) is 1.81. The number of halogens is 1. The van der Waals surface area contributed by atoms with Crippen molar-refractivity contribution in [3.63, 3.8) is 0 Å². The van der Waals surface area contributed by atoms with E-state index in [0.29, 0.717) is 22.8 Å². The molecule has 3 heterocycles. The number of hydrogen-bond donors (Lipinski definition) is 2. The Labute approximate surface area is 188 Å². The smallest absolute Gasteiger partial charge is 0.166 e. The largest absolute Gasteiger partial charge is 0.482 e. The first-order valence-corrected chi connectivity index (χ1v) is 11.0. The molecule has 1 aliphatic rings. The first-order chi connectivity index (χ1) is 15.5. The van der Waals surface area contributed by atoms with Crippen LogP contribution in [0, 0.1) is 5.82 Å². The molecule has 0 radical (unpaired) electrons. The van der Waals surface area contributed by atoms with Gasteiger partial charge in [0.2, 0.25) is 0 Å². The topological polar surface area (TPSA) is 99.1 Å². The second kappa shape index (κ2) is 8.25. The quantitative estimate of drug-likeness (QED) is 0.468. The van der Waals surface area contributed by atoms with Gasteiger partial charge in [-0.25, -0.2) is 9.37 Å². The molecule has 0 fully saturated rings. The minimum absolute atomic E-state index is 0.238. The van der Waals surface area contributed by atoms with Crippen LogP contribution < -0.4 is 10.5 Å². The molecule has 0 bridgehead atoms. The van der Waals surface area contributed by atoms with Crippen molar-refractivity contribution in [3.8, 4) is 22.6 Å². The van der Waals surface area contributed by atoms with Crippen LogP contribution in [-0.4, -0.2) is 30.8 Å². The number of nitrogens with two attached hydrogens (primary N) is 1. The van der Waals surface area contributed by atoms with E-state index in [9.17, 15) is 9.50 Å². The summed E-state index contributed by atoms with van der Waals surface area (Å²) in [6, 6.07) is 12.1. The SMILES string of the molecule is C[C@@H](Oc1cc(-c2ccc3c(c2)SCC3O)cnc1N)c1cc(F)ccc1-n1nccn1. The van der Waals surface area contributed by atoms with Gasteiger partial charge in [0.05, 0.1) is 24.2 Å². The second-order valence-electron chi connectivity index (χ2n) is 7.47. The lowest BCUT2D eigenvalue weighted by atomic mass is 10.0. The number of rotatable bonds is 5. The van der Waals surface area contributed by atoms with Gasteiger partial charge in [0.1, 0.15) is 11.9 Å². The maximum atomic E-state index is 14.0. The van der Waals surface area contributed by atoms with Gasteiger partial charge in [-0.05, 0) is 48.4 Å². The zero-order chi connectivity index (χ0) is 22.2. The van der Waals surface area contributed by atoms with Gasteiger partial charge in [0.15, 0.2) is 11.6 Å². The monoisotopic (exact) mass is 449 g/mol. The number of nitrogens with zero attached hydrogens (tertiary/aromatic N) is 4. The highest BCUT2D eigenvalue weighted by atomic mass is 32.2. The third kappa shape index (κ3) is 3.80. The molecule has 0 spiro atoms. The number of fused-ring (bicyclic) bond motifs is 1. The van der Waals surface area contributed by atoms with E-state index in [2.05, 4.69) is 15.2 Å². The predicted octanol–water partition coefficient (Wildman–Crippen LogP) is 4.33. The van der Waals surface area contributed by atoms with Crippen molar-refractivity contribution in [2.24, 2.45) is 0 Å². The minimum atomic E-state index is -0.545. The fourth-order valence-corrected chi connectivity index (χ4v) is 4.81. The molecule has 2 aromatic heterocycles. The molecule has 1 aliphatic heterocycles. The summed E-state index contributed by atoms with van der Waals surface area (Å²) in [6.07, 6.45) is 3.82. The third-order valence-corrected chi connectivity index (χ3v) is 6.50. The normalized spacial score (nSPS) is 16.0. The van der Waals surface area contributed by atoms with Crippen LogP contribution in [0.1, 0.15) is 30.3 Å². The highest BCUT2D eigenvalue weighted by Crippen LogP contribution is 2.41. The van der Waals surface area contributed by atoms with Gasteiger partial charge in [-0.2, -0.15) is 15.0 Å². The fourth-order valence-electron chi connectivity index (χ4n) is 3.71. The van der Waals surface area contributed by atoms with Gasteiger partial charge in [-0.3, -0.25) is 0 Å². The van der Waals surface area contributed by atoms with E-state index in [1.165, 1.54) is 16.9 Å². The Bertz CT molecular complexity index is 1280. The van der Waals surface area contributed by atoms with E-state index in [-0.39, 0.29) is 11.6 Å². The van der Waals surface area contributed by atoms with E-state index in [1.807, 2.05) is 24.3 Å². The number of aromatic nitrogens is 4. The highest BCUT2D eigenvalue weighted by Gasteiger charge is 2.22. The van der Waals surface area contributed by atoms with E-state index in [4.69, 9.17) is 10.5 Å². The molecule has 2 aromatic carbocycles. The first kappa shape index (κ1) is 20.5. The first-order valence-electron chi connectivity index (χ1n) is 10.0. The Morgan fingerprint density at radius 2 is 1.97 bits per heavy atom. The van der Waals surface area contributed by atoms with Gasteiger partial charge in [0, 0.05) is 28.0 Å². The Morgan fingerprint density at radius 1 is 1.16 bits per heavy atom. The summed E-state index contributed by atoms with van der Waals surface area (Å²) in [7, 11) is 0. The lowest BCUT2D eigenvalue weighted by molar-refractivity contribution is 0.205. The minimum Gasteiger partial charge on any atom is -0.482 e. The Balaban J connectivity index is 1.46. The van der Waals surface area contributed by atoms with E-state index < -0.39 is 12.2 Å². The van der Waals surface area contributed by atoms with Crippen molar-refractivity contribution in [2.45, 2.75) is 24.0 Å². The maximum Gasteiger partial charge on any atom is 0.166 e.